The molecule has 0 radical (unpaired) electrons. The van der Waals surface area contributed by atoms with E-state index in [2.05, 4.69) is 35.0 Å². The van der Waals surface area contributed by atoms with Crippen LogP contribution < -0.4 is 14.4 Å². The summed E-state index contributed by atoms with van der Waals surface area (Å²) in [7, 11) is 0. The molecule has 5 aromatic rings. The number of nitrogens with zero attached hydrogens (tertiary/aromatic N) is 2. The summed E-state index contributed by atoms with van der Waals surface area (Å²) < 4.78 is 13.6. The SMILES string of the molecule is Cc1cc2c(OCc3ccccc3)cc3c(c2s1)[C@H](CCl)CN3C(=O)c1cc2cc(OCCN3CCCC3)ccc2[nH]1. The molecule has 1 amide bonds. The van der Waals surface area contributed by atoms with Gasteiger partial charge in [0.1, 0.15) is 30.4 Å². The lowest BCUT2D eigenvalue weighted by molar-refractivity contribution is 0.0984. The van der Waals surface area contributed by atoms with Crippen molar-refractivity contribution in [3.05, 3.63) is 88.4 Å². The maximum Gasteiger partial charge on any atom is 0.274 e. The van der Waals surface area contributed by atoms with E-state index in [0.717, 1.165) is 68.9 Å². The molecule has 1 saturated heterocycles. The Morgan fingerprint density at radius 3 is 2.69 bits per heavy atom. The van der Waals surface area contributed by atoms with Crippen LogP contribution in [-0.4, -0.2) is 54.5 Å². The summed E-state index contributed by atoms with van der Waals surface area (Å²) in [5.41, 5.74) is 4.59. The second-order valence-corrected chi connectivity index (χ2v) is 12.8. The van der Waals surface area contributed by atoms with Crippen molar-refractivity contribution in [2.45, 2.75) is 32.3 Å². The number of fused-ring (bicyclic) bond motifs is 4. The highest BCUT2D eigenvalue weighted by atomic mass is 35.5. The van der Waals surface area contributed by atoms with Gasteiger partial charge in [-0.2, -0.15) is 0 Å². The minimum atomic E-state index is -0.0711. The highest BCUT2D eigenvalue weighted by molar-refractivity contribution is 7.19. The molecule has 2 aromatic heterocycles. The number of hydrogen-bond donors (Lipinski definition) is 1. The number of alkyl halides is 1. The Hall–Kier alpha value is -3.52. The van der Waals surface area contributed by atoms with Crippen molar-refractivity contribution in [1.82, 2.24) is 9.88 Å². The fourth-order valence-corrected chi connectivity index (χ4v) is 7.66. The summed E-state index contributed by atoms with van der Waals surface area (Å²) >= 11 is 8.26. The van der Waals surface area contributed by atoms with Gasteiger partial charge in [0.2, 0.25) is 0 Å². The predicted molar refractivity (Wildman–Crippen MR) is 172 cm³/mol. The van der Waals surface area contributed by atoms with Crippen LogP contribution in [0.25, 0.3) is 21.0 Å². The number of rotatable bonds is 9. The Kier molecular flexibility index (Phi) is 7.57. The number of H-pyrrole nitrogens is 1. The van der Waals surface area contributed by atoms with Gasteiger partial charge in [-0.3, -0.25) is 9.69 Å². The third kappa shape index (κ3) is 5.26. The fourth-order valence-electron chi connectivity index (χ4n) is 6.25. The van der Waals surface area contributed by atoms with E-state index >= 15 is 0 Å². The summed E-state index contributed by atoms with van der Waals surface area (Å²) in [5, 5.41) is 2.04. The van der Waals surface area contributed by atoms with Crippen LogP contribution in [0.3, 0.4) is 0 Å². The number of likely N-dealkylation sites (tertiary alicyclic amines) is 1. The van der Waals surface area contributed by atoms with Crippen molar-refractivity contribution in [2.75, 3.05) is 43.6 Å². The van der Waals surface area contributed by atoms with E-state index in [1.54, 1.807) is 11.3 Å². The first-order valence-electron chi connectivity index (χ1n) is 14.7. The molecule has 0 saturated carbocycles. The van der Waals surface area contributed by atoms with E-state index in [9.17, 15) is 4.79 Å². The van der Waals surface area contributed by atoms with Gasteiger partial charge in [-0.1, -0.05) is 30.3 Å². The number of carbonyl (C=O) groups is 1. The first-order chi connectivity index (χ1) is 20.6. The molecule has 6 nitrogen and oxygen atoms in total. The normalized spacial score (nSPS) is 16.9. The Labute approximate surface area is 254 Å². The van der Waals surface area contributed by atoms with Crippen molar-refractivity contribution in [2.24, 2.45) is 0 Å². The largest absolute Gasteiger partial charge is 0.492 e. The molecular weight excluding hydrogens is 566 g/mol. The van der Waals surface area contributed by atoms with Crippen LogP contribution in [0.4, 0.5) is 5.69 Å². The number of anilines is 1. The molecule has 42 heavy (non-hydrogen) atoms. The number of hydrogen-bond acceptors (Lipinski definition) is 5. The molecule has 0 spiro atoms. The van der Waals surface area contributed by atoms with Gasteiger partial charge in [0.25, 0.3) is 5.91 Å². The maximum absolute atomic E-state index is 14.1. The summed E-state index contributed by atoms with van der Waals surface area (Å²) in [6.45, 7) is 7.03. The zero-order valence-corrected chi connectivity index (χ0v) is 25.3. The maximum atomic E-state index is 14.1. The Morgan fingerprint density at radius 2 is 1.88 bits per heavy atom. The number of ether oxygens (including phenoxy) is 2. The number of thiophene rings is 1. The highest BCUT2D eigenvalue weighted by Gasteiger charge is 2.36. The molecule has 0 bridgehead atoms. The van der Waals surface area contributed by atoms with Crippen molar-refractivity contribution in [3.63, 3.8) is 0 Å². The lowest BCUT2D eigenvalue weighted by atomic mass is 10.0. The average Bonchev–Trinajstić information content (AvgIpc) is 3.81. The number of amides is 1. The smallest absolute Gasteiger partial charge is 0.274 e. The monoisotopic (exact) mass is 599 g/mol. The van der Waals surface area contributed by atoms with Crippen LogP contribution in [0.15, 0.2) is 66.7 Å². The fraction of sp³-hybridized carbons (Fsp3) is 0.324. The molecule has 4 heterocycles. The molecule has 7 rings (SSSR count). The molecule has 2 aliphatic rings. The molecular formula is C34H34ClN3O3S. The first-order valence-corrected chi connectivity index (χ1v) is 16.0. The summed E-state index contributed by atoms with van der Waals surface area (Å²) in [4.78, 5) is 22.9. The van der Waals surface area contributed by atoms with E-state index in [1.807, 2.05) is 53.4 Å². The van der Waals surface area contributed by atoms with Crippen LogP contribution in [0, 0.1) is 6.92 Å². The van der Waals surface area contributed by atoms with Crippen LogP contribution in [0.2, 0.25) is 0 Å². The molecule has 3 aromatic carbocycles. The molecule has 8 heteroatoms. The third-order valence-electron chi connectivity index (χ3n) is 8.38. The number of aromatic amines is 1. The van der Waals surface area contributed by atoms with Crippen molar-refractivity contribution in [1.29, 1.82) is 0 Å². The number of carbonyl (C=O) groups excluding carboxylic acids is 1. The predicted octanol–water partition coefficient (Wildman–Crippen LogP) is 7.73. The Balaban J connectivity index is 1.17. The van der Waals surface area contributed by atoms with Gasteiger partial charge < -0.3 is 19.4 Å². The molecule has 0 unspecified atom stereocenters. The molecule has 216 valence electrons. The van der Waals surface area contributed by atoms with Crippen molar-refractivity contribution >= 4 is 55.5 Å². The van der Waals surface area contributed by atoms with Gasteiger partial charge >= 0.3 is 0 Å². The molecule has 1 N–H and O–H groups in total. The Bertz CT molecular complexity index is 1740. The first kappa shape index (κ1) is 27.3. The van der Waals surface area contributed by atoms with Gasteiger partial charge in [0.05, 0.1) is 5.69 Å². The second kappa shape index (κ2) is 11.6. The van der Waals surface area contributed by atoms with E-state index in [1.165, 1.54) is 17.7 Å². The second-order valence-electron chi connectivity index (χ2n) is 11.3. The van der Waals surface area contributed by atoms with E-state index in [-0.39, 0.29) is 11.8 Å². The van der Waals surface area contributed by atoms with Crippen molar-refractivity contribution < 1.29 is 14.3 Å². The minimum Gasteiger partial charge on any atom is -0.492 e. The van der Waals surface area contributed by atoms with Gasteiger partial charge in [0, 0.05) is 62.4 Å². The zero-order valence-electron chi connectivity index (χ0n) is 23.7. The van der Waals surface area contributed by atoms with Crippen LogP contribution in [-0.2, 0) is 6.61 Å². The lowest BCUT2D eigenvalue weighted by Gasteiger charge is -2.18. The zero-order chi connectivity index (χ0) is 28.6. The topological polar surface area (TPSA) is 57.8 Å². The molecule has 2 aliphatic heterocycles. The molecule has 1 atom stereocenters. The van der Waals surface area contributed by atoms with E-state index in [0.29, 0.717) is 31.3 Å². The van der Waals surface area contributed by atoms with Gasteiger partial charge in [-0.05, 0) is 68.8 Å². The highest BCUT2D eigenvalue weighted by Crippen LogP contribution is 2.49. The number of halogens is 1. The average molecular weight is 600 g/mol. The summed E-state index contributed by atoms with van der Waals surface area (Å²) in [6, 6.07) is 22.3. The van der Waals surface area contributed by atoms with Gasteiger partial charge in [0.15, 0.2) is 0 Å². The number of nitrogens with one attached hydrogen (secondary N) is 1. The summed E-state index contributed by atoms with van der Waals surface area (Å²) in [6.07, 6.45) is 2.55. The van der Waals surface area contributed by atoms with Crippen molar-refractivity contribution in [3.8, 4) is 11.5 Å². The quantitative estimate of drug-likeness (QED) is 0.176. The van der Waals surface area contributed by atoms with Crippen LogP contribution >= 0.6 is 22.9 Å². The van der Waals surface area contributed by atoms with E-state index in [4.69, 9.17) is 21.1 Å². The number of benzene rings is 3. The summed E-state index contributed by atoms with van der Waals surface area (Å²) in [5.74, 6) is 2.03. The van der Waals surface area contributed by atoms with Crippen LogP contribution in [0.5, 0.6) is 11.5 Å². The minimum absolute atomic E-state index is 0.0503. The standard InChI is InChI=1S/C34H34ClN3O3S/c1-22-15-27-31(41-21-23-7-3-2-4-8-23)18-30-32(33(27)42-22)25(19-35)20-38(30)34(39)29-17-24-16-26(9-10-28(24)36-29)40-14-13-37-11-5-6-12-37/h2-4,7-10,15-18,25,36H,5-6,11-14,19-21H2,1H3/t25-/m1/s1. The van der Waals surface area contributed by atoms with E-state index < -0.39 is 0 Å². The molecule has 0 aliphatic carbocycles. The van der Waals surface area contributed by atoms with Gasteiger partial charge in [-0.25, -0.2) is 0 Å². The lowest BCUT2D eigenvalue weighted by Crippen LogP contribution is -2.30. The van der Waals surface area contributed by atoms with Gasteiger partial charge in [-0.15, -0.1) is 22.9 Å². The number of aromatic nitrogens is 1. The van der Waals surface area contributed by atoms with Crippen LogP contribution in [0.1, 0.15) is 45.3 Å². The third-order valence-corrected chi connectivity index (χ3v) is 9.83. The number of aryl methyl sites for hydroxylation is 1. The Morgan fingerprint density at radius 1 is 1.05 bits per heavy atom. The molecule has 1 fully saturated rings.